The minimum atomic E-state index is -0.101. The summed E-state index contributed by atoms with van der Waals surface area (Å²) in [7, 11) is 0. The highest BCUT2D eigenvalue weighted by Gasteiger charge is 2.10. The Kier molecular flexibility index (Phi) is 6.01. The molecule has 1 unspecified atom stereocenters. The normalized spacial score (nSPS) is 12.1. The first-order valence-corrected chi connectivity index (χ1v) is 6.58. The highest BCUT2D eigenvalue weighted by molar-refractivity contribution is 7.99. The smallest absolute Gasteiger partial charge is 0.306 e. The molecule has 1 aromatic rings. The predicted molar refractivity (Wildman–Crippen MR) is 68.4 cm³/mol. The third-order valence-corrected chi connectivity index (χ3v) is 3.37. The molecule has 0 fully saturated rings. The third-order valence-electron chi connectivity index (χ3n) is 2.14. The number of hydrogen-bond donors (Lipinski definition) is 0. The van der Waals surface area contributed by atoms with Gasteiger partial charge in [0.15, 0.2) is 0 Å². The second-order valence-electron chi connectivity index (χ2n) is 3.62. The van der Waals surface area contributed by atoms with Crippen molar-refractivity contribution in [2.75, 3.05) is 6.61 Å². The Balaban J connectivity index is 2.25. The summed E-state index contributed by atoms with van der Waals surface area (Å²) in [5.41, 5.74) is 1.29. The number of carbonyl (C=O) groups is 1. The molecule has 88 valence electrons. The van der Waals surface area contributed by atoms with Crippen molar-refractivity contribution in [3.63, 3.8) is 0 Å². The van der Waals surface area contributed by atoms with E-state index in [-0.39, 0.29) is 5.97 Å². The molecule has 0 aliphatic heterocycles. The molecule has 3 heteroatoms. The third kappa shape index (κ3) is 5.21. The fraction of sp³-hybridized carbons (Fsp3) is 0.462. The largest absolute Gasteiger partial charge is 0.466 e. The van der Waals surface area contributed by atoms with Crippen LogP contribution in [0.1, 0.15) is 25.8 Å². The molecule has 0 radical (unpaired) electrons. The van der Waals surface area contributed by atoms with Gasteiger partial charge in [0.2, 0.25) is 0 Å². The zero-order valence-corrected chi connectivity index (χ0v) is 10.6. The first-order chi connectivity index (χ1) is 7.72. The van der Waals surface area contributed by atoms with E-state index < -0.39 is 0 Å². The maximum absolute atomic E-state index is 11.2. The lowest BCUT2D eigenvalue weighted by atomic mass is 10.2. The van der Waals surface area contributed by atoms with Gasteiger partial charge in [0.05, 0.1) is 13.0 Å². The van der Waals surface area contributed by atoms with Crippen LogP contribution in [0.25, 0.3) is 0 Å². The number of esters is 1. The van der Waals surface area contributed by atoms with Crippen LogP contribution in [0, 0.1) is 0 Å². The van der Waals surface area contributed by atoms with Crippen molar-refractivity contribution >= 4 is 17.7 Å². The molecular formula is C13H18O2S. The van der Waals surface area contributed by atoms with Gasteiger partial charge in [-0.15, -0.1) is 0 Å². The Morgan fingerprint density at radius 2 is 2.06 bits per heavy atom. The van der Waals surface area contributed by atoms with Crippen molar-refractivity contribution in [3.8, 4) is 0 Å². The first kappa shape index (κ1) is 13.1. The van der Waals surface area contributed by atoms with E-state index in [1.165, 1.54) is 5.56 Å². The summed E-state index contributed by atoms with van der Waals surface area (Å²) in [5, 5.41) is 0.305. The summed E-state index contributed by atoms with van der Waals surface area (Å²) >= 11 is 1.78. The van der Waals surface area contributed by atoms with Gasteiger partial charge in [0, 0.05) is 11.0 Å². The Labute approximate surface area is 101 Å². The molecule has 0 bridgehead atoms. The molecule has 0 saturated heterocycles. The Bertz CT molecular complexity index is 311. The molecule has 0 saturated carbocycles. The summed E-state index contributed by atoms with van der Waals surface area (Å²) in [5.74, 6) is 0.845. The lowest BCUT2D eigenvalue weighted by Gasteiger charge is -2.10. The second-order valence-corrected chi connectivity index (χ2v) is 5.04. The van der Waals surface area contributed by atoms with Gasteiger partial charge >= 0.3 is 5.97 Å². The summed E-state index contributed by atoms with van der Waals surface area (Å²) in [6, 6.07) is 10.3. The molecule has 1 aromatic carbocycles. The molecule has 1 rings (SSSR count). The van der Waals surface area contributed by atoms with Crippen LogP contribution >= 0.6 is 11.8 Å². The second kappa shape index (κ2) is 7.34. The van der Waals surface area contributed by atoms with Gasteiger partial charge in [0.25, 0.3) is 0 Å². The molecule has 0 heterocycles. The Morgan fingerprint density at radius 3 is 2.69 bits per heavy atom. The fourth-order valence-electron chi connectivity index (χ4n) is 1.33. The zero-order chi connectivity index (χ0) is 11.8. The van der Waals surface area contributed by atoms with Gasteiger partial charge < -0.3 is 4.74 Å². The zero-order valence-electron chi connectivity index (χ0n) is 9.81. The van der Waals surface area contributed by atoms with Crippen LogP contribution < -0.4 is 0 Å². The predicted octanol–water partition coefficient (Wildman–Crippen LogP) is 3.26. The quantitative estimate of drug-likeness (QED) is 0.712. The van der Waals surface area contributed by atoms with Crippen molar-refractivity contribution in [2.24, 2.45) is 0 Å². The van der Waals surface area contributed by atoms with E-state index in [0.717, 1.165) is 5.75 Å². The Morgan fingerprint density at radius 1 is 1.38 bits per heavy atom. The lowest BCUT2D eigenvalue weighted by Crippen LogP contribution is -2.10. The molecule has 16 heavy (non-hydrogen) atoms. The van der Waals surface area contributed by atoms with E-state index in [4.69, 9.17) is 4.74 Å². The standard InChI is InChI=1S/C13H18O2S/c1-3-15-13(14)9-11(2)16-10-12-7-5-4-6-8-12/h4-8,11H,3,9-10H2,1-2H3. The van der Waals surface area contributed by atoms with Gasteiger partial charge in [-0.2, -0.15) is 11.8 Å². The van der Waals surface area contributed by atoms with Gasteiger partial charge in [-0.1, -0.05) is 37.3 Å². The number of thioether (sulfide) groups is 1. The average Bonchev–Trinajstić information content (AvgIpc) is 2.28. The van der Waals surface area contributed by atoms with Crippen molar-refractivity contribution < 1.29 is 9.53 Å². The highest BCUT2D eigenvalue weighted by Crippen LogP contribution is 2.20. The maximum atomic E-state index is 11.2. The number of ether oxygens (including phenoxy) is 1. The molecule has 0 aromatic heterocycles. The summed E-state index contributed by atoms with van der Waals surface area (Å²) in [4.78, 5) is 11.2. The van der Waals surface area contributed by atoms with Crippen LogP contribution in [-0.2, 0) is 15.3 Å². The molecular weight excluding hydrogens is 220 g/mol. The SMILES string of the molecule is CCOC(=O)CC(C)SCc1ccccc1. The fourth-order valence-corrected chi connectivity index (χ4v) is 2.25. The summed E-state index contributed by atoms with van der Waals surface area (Å²) < 4.78 is 4.91. The van der Waals surface area contributed by atoms with E-state index in [9.17, 15) is 4.79 Å². The Hall–Kier alpha value is -0.960. The molecule has 0 amide bonds. The van der Waals surface area contributed by atoms with Crippen molar-refractivity contribution in [1.29, 1.82) is 0 Å². The molecule has 0 aliphatic rings. The maximum Gasteiger partial charge on any atom is 0.306 e. The van der Waals surface area contributed by atoms with E-state index in [0.29, 0.717) is 18.3 Å². The number of benzene rings is 1. The van der Waals surface area contributed by atoms with Crippen LogP contribution in [0.2, 0.25) is 0 Å². The van der Waals surface area contributed by atoms with Crippen LogP contribution in [0.15, 0.2) is 30.3 Å². The van der Waals surface area contributed by atoms with Gasteiger partial charge in [-0.25, -0.2) is 0 Å². The van der Waals surface area contributed by atoms with E-state index in [2.05, 4.69) is 19.1 Å². The number of carbonyl (C=O) groups excluding carboxylic acids is 1. The van der Waals surface area contributed by atoms with Crippen molar-refractivity contribution in [2.45, 2.75) is 31.3 Å². The van der Waals surface area contributed by atoms with Crippen LogP contribution in [0.4, 0.5) is 0 Å². The topological polar surface area (TPSA) is 26.3 Å². The monoisotopic (exact) mass is 238 g/mol. The molecule has 0 aliphatic carbocycles. The molecule has 2 nitrogen and oxygen atoms in total. The van der Waals surface area contributed by atoms with E-state index in [1.54, 1.807) is 11.8 Å². The van der Waals surface area contributed by atoms with Crippen LogP contribution in [0.5, 0.6) is 0 Å². The molecule has 1 atom stereocenters. The first-order valence-electron chi connectivity index (χ1n) is 5.53. The number of rotatable bonds is 6. The minimum absolute atomic E-state index is 0.101. The summed E-state index contributed by atoms with van der Waals surface area (Å²) in [6.07, 6.45) is 0.491. The van der Waals surface area contributed by atoms with Gasteiger partial charge in [0.1, 0.15) is 0 Å². The molecule has 0 spiro atoms. The van der Waals surface area contributed by atoms with E-state index in [1.807, 2.05) is 25.1 Å². The van der Waals surface area contributed by atoms with Gasteiger partial charge in [-0.3, -0.25) is 4.79 Å². The van der Waals surface area contributed by atoms with Crippen LogP contribution in [0.3, 0.4) is 0 Å². The minimum Gasteiger partial charge on any atom is -0.466 e. The van der Waals surface area contributed by atoms with Crippen LogP contribution in [-0.4, -0.2) is 17.8 Å². The van der Waals surface area contributed by atoms with Crippen molar-refractivity contribution in [3.05, 3.63) is 35.9 Å². The summed E-state index contributed by atoms with van der Waals surface area (Å²) in [6.45, 7) is 4.36. The van der Waals surface area contributed by atoms with Gasteiger partial charge in [-0.05, 0) is 12.5 Å². The average molecular weight is 238 g/mol. The highest BCUT2D eigenvalue weighted by atomic mass is 32.2. The molecule has 0 N–H and O–H groups in total. The lowest BCUT2D eigenvalue weighted by molar-refractivity contribution is -0.142. The number of hydrogen-bond acceptors (Lipinski definition) is 3. The van der Waals surface area contributed by atoms with E-state index >= 15 is 0 Å². The van der Waals surface area contributed by atoms with Crippen molar-refractivity contribution in [1.82, 2.24) is 0 Å².